The second-order valence-electron chi connectivity index (χ2n) is 6.33. The Morgan fingerprint density at radius 2 is 2.00 bits per heavy atom. The smallest absolute Gasteiger partial charge is 0.242 e. The number of benzene rings is 1. The highest BCUT2D eigenvalue weighted by Crippen LogP contribution is 2.27. The number of nitrogens with zero attached hydrogens (tertiary/aromatic N) is 2. The molecule has 2 rings (SSSR count). The first-order valence-corrected chi connectivity index (χ1v) is 7.49. The molecule has 23 heavy (non-hydrogen) atoms. The Hall–Kier alpha value is -1.56. The van der Waals surface area contributed by atoms with Gasteiger partial charge in [-0.05, 0) is 25.1 Å². The number of anilines is 1. The molecule has 2 aromatic rings. The van der Waals surface area contributed by atoms with Gasteiger partial charge in [0.2, 0.25) is 5.91 Å². The largest absolute Gasteiger partial charge is 0.320 e. The van der Waals surface area contributed by atoms with E-state index in [4.69, 9.17) is 17.3 Å². The van der Waals surface area contributed by atoms with Crippen LogP contribution >= 0.6 is 24.0 Å². The molecule has 0 bridgehead atoms. The Balaban J connectivity index is 0.00000264. The van der Waals surface area contributed by atoms with Crippen LogP contribution in [0.25, 0.3) is 5.69 Å². The summed E-state index contributed by atoms with van der Waals surface area (Å²) in [6.07, 6.45) is 0. The van der Waals surface area contributed by atoms with Gasteiger partial charge in [0.25, 0.3) is 0 Å². The molecule has 1 amide bonds. The average molecular weight is 357 g/mol. The fourth-order valence-electron chi connectivity index (χ4n) is 1.88. The van der Waals surface area contributed by atoms with Crippen LogP contribution in [0.5, 0.6) is 0 Å². The Labute approximate surface area is 147 Å². The molecule has 5 nitrogen and oxygen atoms in total. The van der Waals surface area contributed by atoms with Gasteiger partial charge >= 0.3 is 0 Å². The van der Waals surface area contributed by atoms with E-state index < -0.39 is 6.04 Å². The lowest BCUT2D eigenvalue weighted by molar-refractivity contribution is -0.117. The van der Waals surface area contributed by atoms with Crippen LogP contribution in [0.1, 0.15) is 33.4 Å². The van der Waals surface area contributed by atoms with Crippen molar-refractivity contribution in [3.8, 4) is 5.69 Å². The maximum atomic E-state index is 11.9. The Morgan fingerprint density at radius 3 is 2.52 bits per heavy atom. The molecule has 0 unspecified atom stereocenters. The van der Waals surface area contributed by atoms with Gasteiger partial charge in [0.15, 0.2) is 0 Å². The van der Waals surface area contributed by atoms with Gasteiger partial charge in [-0.15, -0.1) is 12.4 Å². The van der Waals surface area contributed by atoms with Gasteiger partial charge in [-0.3, -0.25) is 4.79 Å². The van der Waals surface area contributed by atoms with E-state index in [1.165, 1.54) is 0 Å². The zero-order chi connectivity index (χ0) is 16.5. The first-order valence-electron chi connectivity index (χ1n) is 7.11. The third-order valence-corrected chi connectivity index (χ3v) is 3.43. The summed E-state index contributed by atoms with van der Waals surface area (Å²) < 4.78 is 1.67. The van der Waals surface area contributed by atoms with Crippen LogP contribution in [0.4, 0.5) is 5.82 Å². The average Bonchev–Trinajstić information content (AvgIpc) is 2.82. The lowest BCUT2D eigenvalue weighted by Gasteiger charge is -2.14. The summed E-state index contributed by atoms with van der Waals surface area (Å²) in [6.45, 7) is 7.83. The van der Waals surface area contributed by atoms with Crippen LogP contribution in [-0.2, 0) is 10.2 Å². The molecule has 0 fully saturated rings. The molecule has 1 aromatic heterocycles. The highest BCUT2D eigenvalue weighted by molar-refractivity contribution is 6.30. The van der Waals surface area contributed by atoms with Gasteiger partial charge in [-0.25, -0.2) is 4.68 Å². The Kier molecular flexibility index (Phi) is 6.22. The molecular weight excluding hydrogens is 335 g/mol. The normalized spacial score (nSPS) is 12.4. The first-order chi connectivity index (χ1) is 10.2. The number of aromatic nitrogens is 2. The van der Waals surface area contributed by atoms with Crippen molar-refractivity contribution in [2.45, 2.75) is 39.2 Å². The van der Waals surface area contributed by atoms with Gasteiger partial charge in [0.05, 0.1) is 17.4 Å². The van der Waals surface area contributed by atoms with Crippen molar-refractivity contribution in [3.63, 3.8) is 0 Å². The number of nitrogens with two attached hydrogens (primary N) is 1. The number of amides is 1. The number of nitrogens with one attached hydrogen (secondary N) is 1. The highest BCUT2D eigenvalue weighted by Gasteiger charge is 2.22. The number of hydrogen-bond donors (Lipinski definition) is 2. The molecular formula is C16H22Cl2N4O. The highest BCUT2D eigenvalue weighted by atomic mass is 35.5. The molecule has 1 heterocycles. The molecule has 7 heteroatoms. The van der Waals surface area contributed by atoms with Crippen molar-refractivity contribution in [2.75, 3.05) is 5.32 Å². The summed E-state index contributed by atoms with van der Waals surface area (Å²) in [4.78, 5) is 11.9. The van der Waals surface area contributed by atoms with Gasteiger partial charge in [0.1, 0.15) is 5.82 Å². The Morgan fingerprint density at radius 1 is 1.35 bits per heavy atom. The van der Waals surface area contributed by atoms with Crippen molar-refractivity contribution >= 4 is 35.7 Å². The number of carbonyl (C=O) groups excluding carboxylic acids is 1. The van der Waals surface area contributed by atoms with E-state index in [1.54, 1.807) is 23.7 Å². The van der Waals surface area contributed by atoms with Crippen LogP contribution in [0.2, 0.25) is 5.02 Å². The summed E-state index contributed by atoms with van der Waals surface area (Å²) in [6, 6.07) is 8.57. The second-order valence-corrected chi connectivity index (χ2v) is 6.77. The van der Waals surface area contributed by atoms with Crippen LogP contribution in [0.15, 0.2) is 30.3 Å². The summed E-state index contributed by atoms with van der Waals surface area (Å²) >= 11 is 6.05. The zero-order valence-corrected chi connectivity index (χ0v) is 15.2. The first kappa shape index (κ1) is 19.5. The number of carbonyl (C=O) groups is 1. The second kappa shape index (κ2) is 7.34. The third-order valence-electron chi connectivity index (χ3n) is 3.20. The van der Waals surface area contributed by atoms with Gasteiger partial charge in [0, 0.05) is 16.5 Å². The minimum atomic E-state index is -0.596. The molecule has 1 atom stereocenters. The fourth-order valence-corrected chi connectivity index (χ4v) is 2.07. The van der Waals surface area contributed by atoms with E-state index in [0.717, 1.165) is 11.4 Å². The fraction of sp³-hybridized carbons (Fsp3) is 0.375. The minimum Gasteiger partial charge on any atom is -0.320 e. The summed E-state index contributed by atoms with van der Waals surface area (Å²) in [5.74, 6) is 0.318. The van der Waals surface area contributed by atoms with Crippen LogP contribution in [0, 0.1) is 0 Å². The molecule has 0 aliphatic heterocycles. The number of hydrogen-bond acceptors (Lipinski definition) is 3. The van der Waals surface area contributed by atoms with E-state index >= 15 is 0 Å². The van der Waals surface area contributed by atoms with Gasteiger partial charge in [-0.2, -0.15) is 5.10 Å². The summed E-state index contributed by atoms with van der Waals surface area (Å²) in [5, 5.41) is 8.03. The van der Waals surface area contributed by atoms with Crippen LogP contribution in [-0.4, -0.2) is 21.7 Å². The molecule has 0 saturated carbocycles. The van der Waals surface area contributed by atoms with Crippen LogP contribution in [0.3, 0.4) is 0 Å². The lowest BCUT2D eigenvalue weighted by atomic mass is 9.92. The monoisotopic (exact) mass is 356 g/mol. The third kappa shape index (κ3) is 4.70. The van der Waals surface area contributed by atoms with Crippen molar-refractivity contribution in [1.82, 2.24) is 9.78 Å². The number of halogens is 2. The molecule has 1 aromatic carbocycles. The Bertz CT molecular complexity index is 690. The molecule has 126 valence electrons. The number of rotatable bonds is 3. The molecule has 0 aliphatic carbocycles. The minimum absolute atomic E-state index is 0. The topological polar surface area (TPSA) is 72.9 Å². The SMILES string of the molecule is C[C@H](N)C(=O)Nc1cc(C(C)(C)C)nn1-c1cccc(Cl)c1.Cl. The summed E-state index contributed by atoms with van der Waals surface area (Å²) in [7, 11) is 0. The van der Waals surface area contributed by atoms with E-state index in [2.05, 4.69) is 31.2 Å². The molecule has 3 N–H and O–H groups in total. The standard InChI is InChI=1S/C16H21ClN4O.ClH/c1-10(18)15(22)19-14-9-13(16(2,3)4)20-21(14)12-7-5-6-11(17)8-12;/h5-10H,18H2,1-4H3,(H,19,22);1H/t10-;/m0./s1. The summed E-state index contributed by atoms with van der Waals surface area (Å²) in [5.41, 5.74) is 7.13. The molecule has 0 radical (unpaired) electrons. The van der Waals surface area contributed by atoms with Crippen molar-refractivity contribution in [1.29, 1.82) is 0 Å². The van der Waals surface area contributed by atoms with Crippen molar-refractivity contribution < 1.29 is 4.79 Å². The van der Waals surface area contributed by atoms with Gasteiger partial charge in [-0.1, -0.05) is 38.4 Å². The molecule has 0 saturated heterocycles. The maximum Gasteiger partial charge on any atom is 0.242 e. The van der Waals surface area contributed by atoms with E-state index in [9.17, 15) is 4.79 Å². The van der Waals surface area contributed by atoms with E-state index in [0.29, 0.717) is 10.8 Å². The zero-order valence-electron chi connectivity index (χ0n) is 13.6. The van der Waals surface area contributed by atoms with Crippen molar-refractivity contribution in [2.24, 2.45) is 5.73 Å². The van der Waals surface area contributed by atoms with E-state index in [-0.39, 0.29) is 23.7 Å². The maximum absolute atomic E-state index is 11.9. The molecule has 0 aliphatic rings. The quantitative estimate of drug-likeness (QED) is 0.883. The van der Waals surface area contributed by atoms with E-state index in [1.807, 2.05) is 18.2 Å². The predicted octanol–water partition coefficient (Wildman–Crippen LogP) is 3.53. The van der Waals surface area contributed by atoms with Crippen LogP contribution < -0.4 is 11.1 Å². The molecule has 0 spiro atoms. The van der Waals surface area contributed by atoms with Crippen molar-refractivity contribution in [3.05, 3.63) is 41.0 Å². The predicted molar refractivity (Wildman–Crippen MR) is 96.8 cm³/mol. The van der Waals surface area contributed by atoms with Gasteiger partial charge < -0.3 is 11.1 Å². The lowest BCUT2D eigenvalue weighted by Crippen LogP contribution is -2.33.